The van der Waals surface area contributed by atoms with Gasteiger partial charge in [0.15, 0.2) is 6.29 Å². The first-order valence-corrected chi connectivity index (χ1v) is 9.57. The molecular formula is C19H34O9. The van der Waals surface area contributed by atoms with Crippen molar-refractivity contribution in [2.24, 2.45) is 5.41 Å². The Labute approximate surface area is 164 Å². The Morgan fingerprint density at radius 3 is 2.25 bits per heavy atom. The summed E-state index contributed by atoms with van der Waals surface area (Å²) in [5.41, 5.74) is -4.23. The van der Waals surface area contributed by atoms with E-state index in [1.165, 1.54) is 19.1 Å². The standard InChI is InChI=1S/C19H34O9/c1-10(21)5-8-19(26)17(2,3)12(22)6-7-18(19,4)28-16-15(25)14(24)13(23)11(9-20)27-16/h5,8,10-16,20-26H,6-7,9H2,1-4H3/b8-5+/t10-,11+,12+,13+,14-,15+,16-,18+,19+/m0/s1. The molecule has 1 aliphatic heterocycles. The molecule has 9 atom stereocenters. The lowest BCUT2D eigenvalue weighted by Gasteiger charge is -2.58. The summed E-state index contributed by atoms with van der Waals surface area (Å²) in [5, 5.41) is 71.4. The normalized spacial score (nSPS) is 48.0. The van der Waals surface area contributed by atoms with Gasteiger partial charge in [-0.2, -0.15) is 0 Å². The van der Waals surface area contributed by atoms with Crippen LogP contribution in [0.3, 0.4) is 0 Å². The summed E-state index contributed by atoms with van der Waals surface area (Å²) in [5.74, 6) is 0. The van der Waals surface area contributed by atoms with Crippen LogP contribution < -0.4 is 0 Å². The van der Waals surface area contributed by atoms with Crippen LogP contribution >= 0.6 is 0 Å². The Balaban J connectivity index is 2.40. The van der Waals surface area contributed by atoms with E-state index in [0.29, 0.717) is 6.42 Å². The predicted molar refractivity (Wildman–Crippen MR) is 98.0 cm³/mol. The summed E-state index contributed by atoms with van der Waals surface area (Å²) < 4.78 is 11.4. The summed E-state index contributed by atoms with van der Waals surface area (Å²) in [7, 11) is 0. The van der Waals surface area contributed by atoms with Crippen LogP contribution in [-0.4, -0.2) is 96.5 Å². The van der Waals surface area contributed by atoms with Gasteiger partial charge in [-0.15, -0.1) is 0 Å². The van der Waals surface area contributed by atoms with Crippen molar-refractivity contribution in [2.75, 3.05) is 6.61 Å². The second-order valence-electron chi connectivity index (χ2n) is 8.69. The van der Waals surface area contributed by atoms with Gasteiger partial charge in [0.25, 0.3) is 0 Å². The molecule has 7 N–H and O–H groups in total. The average Bonchev–Trinajstić information content (AvgIpc) is 2.63. The molecule has 0 bridgehead atoms. The Bertz CT molecular complexity index is 564. The minimum absolute atomic E-state index is 0.188. The summed E-state index contributed by atoms with van der Waals surface area (Å²) in [6.07, 6.45) is -5.78. The molecule has 0 aromatic carbocycles. The predicted octanol–water partition coefficient (Wildman–Crippen LogP) is -1.59. The molecule has 0 amide bonds. The molecule has 1 saturated heterocycles. The monoisotopic (exact) mass is 406 g/mol. The lowest BCUT2D eigenvalue weighted by atomic mass is 9.56. The molecule has 28 heavy (non-hydrogen) atoms. The highest BCUT2D eigenvalue weighted by molar-refractivity contribution is 5.23. The van der Waals surface area contributed by atoms with Crippen molar-refractivity contribution >= 4 is 0 Å². The van der Waals surface area contributed by atoms with Gasteiger partial charge >= 0.3 is 0 Å². The number of aliphatic hydroxyl groups is 7. The van der Waals surface area contributed by atoms with Crippen molar-refractivity contribution in [3.05, 3.63) is 12.2 Å². The lowest BCUT2D eigenvalue weighted by Crippen LogP contribution is -2.70. The Hall–Kier alpha value is -0.620. The van der Waals surface area contributed by atoms with Gasteiger partial charge in [-0.05, 0) is 26.7 Å². The third-order valence-corrected chi connectivity index (χ3v) is 6.36. The Morgan fingerprint density at radius 1 is 1.11 bits per heavy atom. The lowest BCUT2D eigenvalue weighted by molar-refractivity contribution is -0.357. The molecule has 1 saturated carbocycles. The summed E-state index contributed by atoms with van der Waals surface area (Å²) in [6.45, 7) is 5.84. The fourth-order valence-electron chi connectivity index (χ4n) is 4.14. The van der Waals surface area contributed by atoms with Gasteiger partial charge < -0.3 is 45.2 Å². The third kappa shape index (κ3) is 3.88. The molecule has 0 aromatic heterocycles. The van der Waals surface area contributed by atoms with E-state index in [2.05, 4.69) is 0 Å². The van der Waals surface area contributed by atoms with E-state index in [-0.39, 0.29) is 6.42 Å². The minimum Gasteiger partial charge on any atom is -0.394 e. The van der Waals surface area contributed by atoms with Gasteiger partial charge in [0.2, 0.25) is 0 Å². The van der Waals surface area contributed by atoms with Crippen LogP contribution in [0.4, 0.5) is 0 Å². The third-order valence-electron chi connectivity index (χ3n) is 6.36. The molecule has 0 aromatic rings. The van der Waals surface area contributed by atoms with Gasteiger partial charge in [-0.25, -0.2) is 0 Å². The maximum atomic E-state index is 11.6. The molecule has 0 spiro atoms. The van der Waals surface area contributed by atoms with Crippen molar-refractivity contribution in [3.63, 3.8) is 0 Å². The summed E-state index contributed by atoms with van der Waals surface area (Å²) in [4.78, 5) is 0. The average molecular weight is 406 g/mol. The number of rotatable bonds is 5. The van der Waals surface area contributed by atoms with E-state index >= 15 is 0 Å². The van der Waals surface area contributed by atoms with Gasteiger partial charge in [-0.1, -0.05) is 26.0 Å². The van der Waals surface area contributed by atoms with Gasteiger partial charge in [-0.3, -0.25) is 0 Å². The molecule has 0 radical (unpaired) electrons. The maximum absolute atomic E-state index is 11.6. The van der Waals surface area contributed by atoms with E-state index in [1.54, 1.807) is 20.8 Å². The van der Waals surface area contributed by atoms with E-state index in [1.807, 2.05) is 0 Å². The first kappa shape index (κ1) is 23.7. The largest absolute Gasteiger partial charge is 0.394 e. The van der Waals surface area contributed by atoms with E-state index in [9.17, 15) is 35.7 Å². The molecule has 2 aliphatic rings. The smallest absolute Gasteiger partial charge is 0.187 e. The van der Waals surface area contributed by atoms with E-state index < -0.39 is 66.1 Å². The molecule has 2 fully saturated rings. The molecular weight excluding hydrogens is 372 g/mol. The molecule has 2 rings (SSSR count). The van der Waals surface area contributed by atoms with Crippen molar-refractivity contribution < 1.29 is 45.2 Å². The summed E-state index contributed by atoms with van der Waals surface area (Å²) in [6, 6.07) is 0. The Kier molecular flexibility index (Phi) is 6.97. The van der Waals surface area contributed by atoms with Gasteiger partial charge in [0.1, 0.15) is 35.6 Å². The van der Waals surface area contributed by atoms with E-state index in [0.717, 1.165) is 0 Å². The fourth-order valence-corrected chi connectivity index (χ4v) is 4.14. The van der Waals surface area contributed by atoms with Crippen molar-refractivity contribution in [2.45, 2.75) is 94.7 Å². The molecule has 0 unspecified atom stereocenters. The zero-order valence-corrected chi connectivity index (χ0v) is 16.8. The first-order valence-electron chi connectivity index (χ1n) is 9.57. The topological polar surface area (TPSA) is 160 Å². The van der Waals surface area contributed by atoms with Crippen LogP contribution in [0.2, 0.25) is 0 Å². The molecule has 1 aliphatic carbocycles. The van der Waals surface area contributed by atoms with E-state index in [4.69, 9.17) is 9.47 Å². The quantitative estimate of drug-likeness (QED) is 0.267. The van der Waals surface area contributed by atoms with Gasteiger partial charge in [0, 0.05) is 5.41 Å². The molecule has 1 heterocycles. The van der Waals surface area contributed by atoms with Crippen LogP contribution in [0, 0.1) is 5.41 Å². The zero-order valence-electron chi connectivity index (χ0n) is 16.8. The Morgan fingerprint density at radius 2 is 1.71 bits per heavy atom. The second kappa shape index (κ2) is 8.25. The van der Waals surface area contributed by atoms with Crippen LogP contribution in [0.5, 0.6) is 0 Å². The van der Waals surface area contributed by atoms with Crippen LogP contribution in [0.1, 0.15) is 40.5 Å². The van der Waals surface area contributed by atoms with Gasteiger partial charge in [0.05, 0.1) is 18.8 Å². The number of hydrogen-bond donors (Lipinski definition) is 7. The highest BCUT2D eigenvalue weighted by Crippen LogP contribution is 2.52. The second-order valence-corrected chi connectivity index (χ2v) is 8.69. The van der Waals surface area contributed by atoms with Crippen LogP contribution in [0.15, 0.2) is 12.2 Å². The van der Waals surface area contributed by atoms with Crippen LogP contribution in [0.25, 0.3) is 0 Å². The maximum Gasteiger partial charge on any atom is 0.187 e. The summed E-state index contributed by atoms with van der Waals surface area (Å²) >= 11 is 0. The zero-order chi connectivity index (χ0) is 21.5. The molecule has 9 heteroatoms. The SMILES string of the molecule is C[C@H](O)/C=C/[C@@]1(O)C(C)(C)[C@H](O)CC[C@@]1(C)O[C@@H]1O[C@H](CO)[C@@H](O)[C@H](O)[C@H]1O. The van der Waals surface area contributed by atoms with Crippen LogP contribution in [-0.2, 0) is 9.47 Å². The first-order chi connectivity index (χ1) is 12.8. The highest BCUT2D eigenvalue weighted by Gasteiger charge is 2.63. The van der Waals surface area contributed by atoms with Crippen molar-refractivity contribution in [1.29, 1.82) is 0 Å². The number of ether oxygens (including phenoxy) is 2. The molecule has 164 valence electrons. The fraction of sp³-hybridized carbons (Fsp3) is 0.895. The highest BCUT2D eigenvalue weighted by atomic mass is 16.7. The molecule has 9 nitrogen and oxygen atoms in total. The number of hydrogen-bond acceptors (Lipinski definition) is 9. The van der Waals surface area contributed by atoms with Crippen molar-refractivity contribution in [1.82, 2.24) is 0 Å². The number of aliphatic hydroxyl groups excluding tert-OH is 6. The minimum atomic E-state index is -1.77. The van der Waals surface area contributed by atoms with Crippen molar-refractivity contribution in [3.8, 4) is 0 Å².